The molecule has 0 unspecified atom stereocenters. The number of carbonyl (C=O) groups is 1. The van der Waals surface area contributed by atoms with E-state index in [9.17, 15) is 4.79 Å². The summed E-state index contributed by atoms with van der Waals surface area (Å²) in [5, 5.41) is 6.41. The van der Waals surface area contributed by atoms with Crippen molar-refractivity contribution in [3.05, 3.63) is 10.7 Å². The maximum absolute atomic E-state index is 10.4. The highest BCUT2D eigenvalue weighted by Gasteiger charge is 1.99. The van der Waals surface area contributed by atoms with Gasteiger partial charge in [0.25, 0.3) is 4.84 Å². The number of hydrogen-bond donors (Lipinski definition) is 2. The normalized spacial score (nSPS) is 10.3. The highest BCUT2D eigenvalue weighted by Crippen LogP contribution is 2.05. The summed E-state index contributed by atoms with van der Waals surface area (Å²) < 4.78 is 5.07. The van der Waals surface area contributed by atoms with Gasteiger partial charge in [-0.25, -0.2) is 5.10 Å². The highest BCUT2D eigenvalue weighted by molar-refractivity contribution is 7.71. The number of nitrogens with one attached hydrogen (secondary N) is 1. The number of H-pyrrole nitrogens is 1. The Morgan fingerprint density at radius 2 is 2.29 bits per heavy atom. The maximum atomic E-state index is 10.4. The topological polar surface area (TPSA) is 84.9 Å². The van der Waals surface area contributed by atoms with E-state index in [4.69, 9.17) is 22.4 Å². The van der Waals surface area contributed by atoms with Gasteiger partial charge in [-0.15, -0.1) is 5.10 Å². The molecule has 0 spiro atoms. The molecule has 78 valence electrons. The van der Waals surface area contributed by atoms with Crippen molar-refractivity contribution >= 4 is 18.1 Å². The van der Waals surface area contributed by atoms with E-state index >= 15 is 0 Å². The number of unbranched alkanes of at least 4 members (excludes halogenated alkanes) is 2. The van der Waals surface area contributed by atoms with Crippen molar-refractivity contribution in [2.75, 3.05) is 0 Å². The lowest BCUT2D eigenvalue weighted by atomic mass is 10.1. The van der Waals surface area contributed by atoms with Gasteiger partial charge in [0.1, 0.15) is 0 Å². The Bertz CT molecular complexity index is 344. The summed E-state index contributed by atoms with van der Waals surface area (Å²) in [5.74, 6) is 0.372. The van der Waals surface area contributed by atoms with Crippen LogP contribution in [-0.2, 0) is 11.2 Å². The lowest BCUT2D eigenvalue weighted by Crippen LogP contribution is -2.09. The van der Waals surface area contributed by atoms with E-state index in [0.29, 0.717) is 17.1 Å². The number of rotatable bonds is 6. The first kappa shape index (κ1) is 10.9. The van der Waals surface area contributed by atoms with E-state index < -0.39 is 0 Å². The number of aromatic nitrogens is 2. The lowest BCUT2D eigenvalue weighted by Gasteiger charge is -1.95. The van der Waals surface area contributed by atoms with Crippen LogP contribution in [0.3, 0.4) is 0 Å². The Hall–Kier alpha value is -1.17. The zero-order valence-electron chi connectivity index (χ0n) is 7.78. The van der Waals surface area contributed by atoms with E-state index in [2.05, 4.69) is 10.2 Å². The third-order valence-electron chi connectivity index (χ3n) is 1.80. The van der Waals surface area contributed by atoms with Crippen LogP contribution < -0.4 is 5.73 Å². The minimum absolute atomic E-state index is 0.248. The second kappa shape index (κ2) is 5.54. The van der Waals surface area contributed by atoms with Crippen LogP contribution in [0.25, 0.3) is 0 Å². The average Bonchev–Trinajstić information content (AvgIpc) is 2.50. The first-order chi connectivity index (χ1) is 6.68. The maximum Gasteiger partial charge on any atom is 0.284 e. The summed E-state index contributed by atoms with van der Waals surface area (Å²) in [6.45, 7) is 0. The molecule has 6 heteroatoms. The van der Waals surface area contributed by atoms with Gasteiger partial charge >= 0.3 is 0 Å². The van der Waals surface area contributed by atoms with Crippen LogP contribution in [0, 0.1) is 4.84 Å². The van der Waals surface area contributed by atoms with Gasteiger partial charge in [-0.2, -0.15) is 0 Å². The minimum Gasteiger partial charge on any atom is -0.414 e. The molecular weight excluding hydrogens is 202 g/mol. The van der Waals surface area contributed by atoms with Gasteiger partial charge in [-0.05, 0) is 25.1 Å². The molecule has 14 heavy (non-hydrogen) atoms. The molecule has 0 aliphatic heterocycles. The molecule has 1 amide bonds. The first-order valence-electron chi connectivity index (χ1n) is 4.51. The number of aromatic amines is 1. The summed E-state index contributed by atoms with van der Waals surface area (Å²) >= 11 is 4.72. The molecule has 3 N–H and O–H groups in total. The van der Waals surface area contributed by atoms with E-state index in [-0.39, 0.29) is 5.91 Å². The number of carbonyl (C=O) groups excluding carboxylic acids is 1. The van der Waals surface area contributed by atoms with E-state index in [0.717, 1.165) is 25.7 Å². The van der Waals surface area contributed by atoms with Gasteiger partial charge in [-0.1, -0.05) is 6.42 Å². The molecule has 1 heterocycles. The van der Waals surface area contributed by atoms with Crippen molar-refractivity contribution < 1.29 is 9.21 Å². The predicted molar refractivity (Wildman–Crippen MR) is 53.1 cm³/mol. The lowest BCUT2D eigenvalue weighted by molar-refractivity contribution is -0.118. The number of primary amides is 1. The van der Waals surface area contributed by atoms with Crippen molar-refractivity contribution in [2.45, 2.75) is 32.1 Å². The summed E-state index contributed by atoms with van der Waals surface area (Å²) in [6, 6.07) is 0. The second-order valence-corrected chi connectivity index (χ2v) is 3.40. The zero-order valence-corrected chi connectivity index (χ0v) is 8.60. The van der Waals surface area contributed by atoms with Gasteiger partial charge in [0, 0.05) is 12.8 Å². The molecule has 0 bridgehead atoms. The molecule has 1 rings (SSSR count). The van der Waals surface area contributed by atoms with Crippen LogP contribution in [0.2, 0.25) is 0 Å². The van der Waals surface area contributed by atoms with Gasteiger partial charge in [0.2, 0.25) is 11.8 Å². The molecule has 0 saturated carbocycles. The van der Waals surface area contributed by atoms with E-state index in [1.54, 1.807) is 0 Å². The third-order valence-corrected chi connectivity index (χ3v) is 1.97. The van der Waals surface area contributed by atoms with Crippen molar-refractivity contribution in [1.29, 1.82) is 0 Å². The fraction of sp³-hybridized carbons (Fsp3) is 0.625. The molecule has 0 radical (unpaired) electrons. The molecule has 1 aromatic heterocycles. The van der Waals surface area contributed by atoms with Crippen LogP contribution in [0.15, 0.2) is 4.42 Å². The summed E-state index contributed by atoms with van der Waals surface area (Å²) in [6.07, 6.45) is 3.88. The summed E-state index contributed by atoms with van der Waals surface area (Å²) in [4.78, 5) is 10.7. The predicted octanol–water partition coefficient (Wildman–Crippen LogP) is 1.32. The number of amides is 1. The molecule has 0 aliphatic rings. The van der Waals surface area contributed by atoms with Crippen molar-refractivity contribution in [3.63, 3.8) is 0 Å². The Kier molecular flexibility index (Phi) is 4.31. The van der Waals surface area contributed by atoms with Crippen molar-refractivity contribution in [2.24, 2.45) is 5.73 Å². The Morgan fingerprint density at radius 1 is 1.50 bits per heavy atom. The van der Waals surface area contributed by atoms with Crippen molar-refractivity contribution in [1.82, 2.24) is 10.2 Å². The van der Waals surface area contributed by atoms with Crippen LogP contribution in [0.5, 0.6) is 0 Å². The van der Waals surface area contributed by atoms with Crippen LogP contribution in [-0.4, -0.2) is 16.1 Å². The minimum atomic E-state index is -0.248. The number of aryl methyl sites for hydroxylation is 1. The highest BCUT2D eigenvalue weighted by atomic mass is 32.1. The largest absolute Gasteiger partial charge is 0.414 e. The molecule has 0 aliphatic carbocycles. The average molecular weight is 215 g/mol. The van der Waals surface area contributed by atoms with Gasteiger partial charge < -0.3 is 10.2 Å². The van der Waals surface area contributed by atoms with Gasteiger partial charge in [-0.3, -0.25) is 4.79 Å². The SMILES string of the molecule is NC(=O)CCCCCc1n[nH]c(=S)o1. The third kappa shape index (κ3) is 4.18. The standard InChI is InChI=1S/C8H13N3O2S/c9-6(12)4-2-1-3-5-7-10-11-8(14)13-7/h1-5H2,(H2,9,12)(H,11,14). The van der Waals surface area contributed by atoms with Gasteiger partial charge in [0.15, 0.2) is 0 Å². The molecule has 5 nitrogen and oxygen atoms in total. The Morgan fingerprint density at radius 3 is 2.86 bits per heavy atom. The fourth-order valence-corrected chi connectivity index (χ4v) is 1.26. The monoisotopic (exact) mass is 215 g/mol. The molecular formula is C8H13N3O2S. The number of nitrogens with zero attached hydrogens (tertiary/aromatic N) is 1. The number of nitrogens with two attached hydrogens (primary N) is 1. The molecule has 0 saturated heterocycles. The first-order valence-corrected chi connectivity index (χ1v) is 4.92. The van der Waals surface area contributed by atoms with E-state index in [1.807, 2.05) is 0 Å². The second-order valence-electron chi connectivity index (χ2n) is 3.03. The summed E-state index contributed by atoms with van der Waals surface area (Å²) in [7, 11) is 0. The quantitative estimate of drug-likeness (QED) is 0.553. The Labute approximate surface area is 86.7 Å². The van der Waals surface area contributed by atoms with Gasteiger partial charge in [0.05, 0.1) is 0 Å². The Balaban J connectivity index is 2.10. The molecule has 1 aromatic rings. The molecule has 0 atom stereocenters. The number of hydrogen-bond acceptors (Lipinski definition) is 4. The van der Waals surface area contributed by atoms with Crippen LogP contribution in [0.4, 0.5) is 0 Å². The molecule has 0 aromatic carbocycles. The fourth-order valence-electron chi connectivity index (χ4n) is 1.12. The van der Waals surface area contributed by atoms with Crippen molar-refractivity contribution in [3.8, 4) is 0 Å². The molecule has 0 fully saturated rings. The zero-order chi connectivity index (χ0) is 10.4. The van der Waals surface area contributed by atoms with Crippen LogP contribution in [0.1, 0.15) is 31.6 Å². The van der Waals surface area contributed by atoms with Crippen LogP contribution >= 0.6 is 12.2 Å². The summed E-state index contributed by atoms with van der Waals surface area (Å²) in [5.41, 5.74) is 5.00. The smallest absolute Gasteiger partial charge is 0.284 e. The van der Waals surface area contributed by atoms with E-state index in [1.165, 1.54) is 0 Å².